The summed E-state index contributed by atoms with van der Waals surface area (Å²) < 4.78 is 0. The van der Waals surface area contributed by atoms with E-state index in [2.05, 4.69) is 20.6 Å². The van der Waals surface area contributed by atoms with Crippen LogP contribution in [0.3, 0.4) is 0 Å². The highest BCUT2D eigenvalue weighted by atomic mass is 16.2. The molecule has 0 fully saturated rings. The van der Waals surface area contributed by atoms with Gasteiger partial charge in [-0.1, -0.05) is 36.4 Å². The van der Waals surface area contributed by atoms with Gasteiger partial charge in [0.05, 0.1) is 0 Å². The van der Waals surface area contributed by atoms with E-state index >= 15 is 0 Å². The molecule has 4 rings (SSSR count). The highest BCUT2D eigenvalue weighted by molar-refractivity contribution is 5.96. The monoisotopic (exact) mass is 436 g/mol. The molecule has 0 saturated heterocycles. The van der Waals surface area contributed by atoms with Gasteiger partial charge in [-0.3, -0.25) is 19.6 Å². The third-order valence-corrected chi connectivity index (χ3v) is 5.16. The van der Waals surface area contributed by atoms with Gasteiger partial charge in [0, 0.05) is 60.1 Å². The zero-order valence-electron chi connectivity index (χ0n) is 18.1. The molecule has 6 nitrogen and oxygen atoms in total. The van der Waals surface area contributed by atoms with Gasteiger partial charge in [-0.2, -0.15) is 0 Å². The van der Waals surface area contributed by atoms with Crippen LogP contribution in [0.15, 0.2) is 97.6 Å². The van der Waals surface area contributed by atoms with Gasteiger partial charge in [-0.25, -0.2) is 0 Å². The highest BCUT2D eigenvalue weighted by Crippen LogP contribution is 2.20. The highest BCUT2D eigenvalue weighted by Gasteiger charge is 2.09. The van der Waals surface area contributed by atoms with E-state index in [1.807, 2.05) is 60.7 Å². The summed E-state index contributed by atoms with van der Waals surface area (Å²) in [6.07, 6.45) is 7.60. The second kappa shape index (κ2) is 10.8. The number of amides is 2. The number of pyridine rings is 2. The molecule has 2 aromatic carbocycles. The van der Waals surface area contributed by atoms with Crippen molar-refractivity contribution in [2.75, 3.05) is 13.1 Å². The Balaban J connectivity index is 1.25. The molecule has 0 unspecified atom stereocenters. The molecule has 0 aliphatic heterocycles. The summed E-state index contributed by atoms with van der Waals surface area (Å²) in [5.41, 5.74) is 4.98. The number of carbonyl (C=O) groups is 2. The summed E-state index contributed by atoms with van der Waals surface area (Å²) in [5.74, 6) is -0.285. The van der Waals surface area contributed by atoms with Gasteiger partial charge in [0.2, 0.25) is 0 Å². The number of hydrogen-bond donors (Lipinski definition) is 2. The fourth-order valence-electron chi connectivity index (χ4n) is 3.44. The molecule has 4 aromatic rings. The van der Waals surface area contributed by atoms with Crippen LogP contribution in [-0.2, 0) is 0 Å². The van der Waals surface area contributed by atoms with Crippen LogP contribution in [0, 0.1) is 0 Å². The van der Waals surface area contributed by atoms with Crippen LogP contribution in [0.4, 0.5) is 0 Å². The molecule has 2 N–H and O–H groups in total. The maximum absolute atomic E-state index is 12.5. The molecule has 0 radical (unpaired) electrons. The Hall–Kier alpha value is -4.32. The van der Waals surface area contributed by atoms with Crippen molar-refractivity contribution in [1.29, 1.82) is 0 Å². The minimum Gasteiger partial charge on any atom is -0.352 e. The number of hydrogen-bond acceptors (Lipinski definition) is 4. The van der Waals surface area contributed by atoms with Crippen LogP contribution < -0.4 is 10.6 Å². The number of nitrogens with zero attached hydrogens (tertiary/aromatic N) is 2. The number of nitrogens with one attached hydrogen (secondary N) is 2. The fraction of sp³-hybridized carbons (Fsp3) is 0.111. The largest absolute Gasteiger partial charge is 0.352 e. The molecule has 0 aliphatic carbocycles. The maximum Gasteiger partial charge on any atom is 0.251 e. The van der Waals surface area contributed by atoms with E-state index in [1.165, 1.54) is 0 Å². The molecule has 2 amide bonds. The smallest absolute Gasteiger partial charge is 0.251 e. The van der Waals surface area contributed by atoms with E-state index in [1.54, 1.807) is 36.9 Å². The Kier molecular flexibility index (Phi) is 7.18. The lowest BCUT2D eigenvalue weighted by molar-refractivity contribution is 0.0951. The minimum atomic E-state index is -0.142. The van der Waals surface area contributed by atoms with Crippen LogP contribution in [0.1, 0.15) is 27.1 Å². The van der Waals surface area contributed by atoms with Gasteiger partial charge in [0.1, 0.15) is 0 Å². The van der Waals surface area contributed by atoms with Crippen molar-refractivity contribution in [2.45, 2.75) is 6.42 Å². The average Bonchev–Trinajstić information content (AvgIpc) is 2.89. The minimum absolute atomic E-state index is 0.142. The lowest BCUT2D eigenvalue weighted by Crippen LogP contribution is -2.29. The lowest BCUT2D eigenvalue weighted by Gasteiger charge is -2.09. The van der Waals surface area contributed by atoms with E-state index in [-0.39, 0.29) is 11.8 Å². The first kappa shape index (κ1) is 21.9. The van der Waals surface area contributed by atoms with E-state index in [4.69, 9.17) is 0 Å². The summed E-state index contributed by atoms with van der Waals surface area (Å²) in [5, 5.41) is 5.82. The van der Waals surface area contributed by atoms with Crippen molar-refractivity contribution >= 4 is 11.8 Å². The van der Waals surface area contributed by atoms with E-state index in [0.717, 1.165) is 22.3 Å². The average molecular weight is 437 g/mol. The molecular formula is C27H24N4O2. The second-order valence-electron chi connectivity index (χ2n) is 7.51. The van der Waals surface area contributed by atoms with Crippen LogP contribution in [0.5, 0.6) is 0 Å². The normalized spacial score (nSPS) is 10.4. The Morgan fingerprint density at radius 3 is 1.48 bits per heavy atom. The molecule has 0 saturated carbocycles. The molecule has 2 heterocycles. The molecular weight excluding hydrogens is 412 g/mol. The van der Waals surface area contributed by atoms with Gasteiger partial charge >= 0.3 is 0 Å². The maximum atomic E-state index is 12.5. The number of rotatable bonds is 8. The molecule has 0 aliphatic rings. The van der Waals surface area contributed by atoms with Gasteiger partial charge in [0.15, 0.2) is 0 Å². The van der Waals surface area contributed by atoms with Crippen LogP contribution in [0.2, 0.25) is 0 Å². The number of aromatic nitrogens is 2. The third-order valence-electron chi connectivity index (χ3n) is 5.16. The first-order valence-electron chi connectivity index (χ1n) is 10.8. The molecule has 164 valence electrons. The molecule has 6 heteroatoms. The summed E-state index contributed by atoms with van der Waals surface area (Å²) in [6, 6.07) is 22.5. The fourth-order valence-corrected chi connectivity index (χ4v) is 3.44. The van der Waals surface area contributed by atoms with Crippen molar-refractivity contribution in [3.05, 3.63) is 109 Å². The van der Waals surface area contributed by atoms with Crippen molar-refractivity contribution in [3.8, 4) is 22.3 Å². The summed E-state index contributed by atoms with van der Waals surface area (Å²) in [7, 11) is 0. The lowest BCUT2D eigenvalue weighted by atomic mass is 10.0. The predicted octanol–water partition coefficient (Wildman–Crippen LogP) is 4.36. The van der Waals surface area contributed by atoms with Gasteiger partial charge < -0.3 is 10.6 Å². The number of benzene rings is 2. The van der Waals surface area contributed by atoms with Crippen LogP contribution >= 0.6 is 0 Å². The summed E-state index contributed by atoms with van der Waals surface area (Å²) in [4.78, 5) is 33.2. The zero-order chi connectivity index (χ0) is 22.9. The molecule has 2 aromatic heterocycles. The summed E-state index contributed by atoms with van der Waals surface area (Å²) >= 11 is 0. The quantitative estimate of drug-likeness (QED) is 0.402. The Labute approximate surface area is 192 Å². The Bertz CT molecular complexity index is 1130. The zero-order valence-corrected chi connectivity index (χ0v) is 18.1. The molecule has 0 atom stereocenters. The third kappa shape index (κ3) is 5.89. The van der Waals surface area contributed by atoms with E-state index < -0.39 is 0 Å². The SMILES string of the molecule is O=C(NCCCNC(=O)c1cccc(-c2cccnc2)c1)c1cccc(-c2cccnc2)c1. The summed E-state index contributed by atoms with van der Waals surface area (Å²) in [6.45, 7) is 0.928. The van der Waals surface area contributed by atoms with Gasteiger partial charge in [-0.15, -0.1) is 0 Å². The first-order valence-corrected chi connectivity index (χ1v) is 10.8. The second-order valence-corrected chi connectivity index (χ2v) is 7.51. The molecule has 0 bridgehead atoms. The van der Waals surface area contributed by atoms with Crippen molar-refractivity contribution in [1.82, 2.24) is 20.6 Å². The van der Waals surface area contributed by atoms with Crippen LogP contribution in [0.25, 0.3) is 22.3 Å². The van der Waals surface area contributed by atoms with Crippen molar-refractivity contribution in [3.63, 3.8) is 0 Å². The first-order chi connectivity index (χ1) is 16.2. The van der Waals surface area contributed by atoms with E-state index in [9.17, 15) is 9.59 Å². The van der Waals surface area contributed by atoms with Crippen molar-refractivity contribution < 1.29 is 9.59 Å². The van der Waals surface area contributed by atoms with Gasteiger partial charge in [-0.05, 0) is 53.9 Å². The van der Waals surface area contributed by atoms with Gasteiger partial charge in [0.25, 0.3) is 11.8 Å². The Morgan fingerprint density at radius 1 is 0.606 bits per heavy atom. The standard InChI is InChI=1S/C27H24N4O2/c32-26(22-8-1-6-20(16-22)24-10-3-12-28-18-24)30-14-5-15-31-27(33)23-9-2-7-21(17-23)25-11-4-13-29-19-25/h1-4,6-13,16-19H,5,14-15H2,(H,30,32)(H,31,33). The molecule has 0 spiro atoms. The Morgan fingerprint density at radius 2 is 1.06 bits per heavy atom. The topological polar surface area (TPSA) is 84.0 Å². The van der Waals surface area contributed by atoms with Crippen molar-refractivity contribution in [2.24, 2.45) is 0 Å². The predicted molar refractivity (Wildman–Crippen MR) is 129 cm³/mol. The number of carbonyl (C=O) groups excluding carboxylic acids is 2. The van der Waals surface area contributed by atoms with Crippen LogP contribution in [-0.4, -0.2) is 34.9 Å². The molecule has 33 heavy (non-hydrogen) atoms. The van der Waals surface area contributed by atoms with E-state index in [0.29, 0.717) is 30.6 Å².